The highest BCUT2D eigenvalue weighted by molar-refractivity contribution is 14.0. The Kier molecular flexibility index (Phi) is 10.5. The first-order chi connectivity index (χ1) is 12.6. The zero-order chi connectivity index (χ0) is 18.8. The normalized spacial score (nSPS) is 11.9. The topological polar surface area (TPSA) is 65.5 Å². The maximum absolute atomic E-state index is 11.6. The average molecular weight is 480 g/mol. The Balaban J connectivity index is 0.00000364. The molecule has 0 saturated heterocycles. The van der Waals surface area contributed by atoms with Crippen LogP contribution in [0.3, 0.4) is 0 Å². The van der Waals surface area contributed by atoms with Gasteiger partial charge < -0.3 is 16.0 Å². The number of nitrogens with one attached hydrogen (secondary N) is 3. The van der Waals surface area contributed by atoms with E-state index in [2.05, 4.69) is 40.0 Å². The van der Waals surface area contributed by atoms with Gasteiger partial charge in [0.15, 0.2) is 5.96 Å². The number of halogens is 1. The minimum Gasteiger partial charge on any atom is -0.352 e. The number of hydrogen-bond donors (Lipinski definition) is 3. The van der Waals surface area contributed by atoms with Crippen LogP contribution in [-0.2, 0) is 11.3 Å². The van der Waals surface area contributed by atoms with Crippen molar-refractivity contribution in [3.63, 3.8) is 0 Å². The van der Waals surface area contributed by atoms with E-state index in [1.807, 2.05) is 49.4 Å². The van der Waals surface area contributed by atoms with Crippen LogP contribution in [0, 0.1) is 0 Å². The summed E-state index contributed by atoms with van der Waals surface area (Å²) in [4.78, 5) is 15.9. The summed E-state index contributed by atoms with van der Waals surface area (Å²) in [5, 5.41) is 9.60. The molecule has 1 atom stereocenters. The molecule has 0 aromatic heterocycles. The van der Waals surface area contributed by atoms with Gasteiger partial charge in [0.05, 0.1) is 6.04 Å². The zero-order valence-electron chi connectivity index (χ0n) is 16.2. The SMILES string of the molecule is CCCC(=O)Nc1ccc(CNC(=NC)NC(C)c2ccccc2)cc1.I. The number of carbonyl (C=O) groups is 1. The van der Waals surface area contributed by atoms with E-state index in [4.69, 9.17) is 0 Å². The smallest absolute Gasteiger partial charge is 0.224 e. The zero-order valence-corrected chi connectivity index (χ0v) is 18.5. The van der Waals surface area contributed by atoms with Crippen LogP contribution in [0.1, 0.15) is 43.9 Å². The molecule has 6 heteroatoms. The first-order valence-electron chi connectivity index (χ1n) is 9.03. The fourth-order valence-corrected chi connectivity index (χ4v) is 2.57. The Morgan fingerprint density at radius 3 is 2.33 bits per heavy atom. The lowest BCUT2D eigenvalue weighted by atomic mass is 10.1. The van der Waals surface area contributed by atoms with Gasteiger partial charge in [0.25, 0.3) is 0 Å². The predicted octanol–water partition coefficient (Wildman–Crippen LogP) is 4.47. The lowest BCUT2D eigenvalue weighted by Crippen LogP contribution is -2.38. The molecule has 0 radical (unpaired) electrons. The van der Waals surface area contributed by atoms with Crippen molar-refractivity contribution in [3.8, 4) is 0 Å². The molecule has 0 bridgehead atoms. The maximum atomic E-state index is 11.6. The molecule has 146 valence electrons. The van der Waals surface area contributed by atoms with Crippen molar-refractivity contribution in [2.24, 2.45) is 4.99 Å². The second kappa shape index (κ2) is 12.3. The molecule has 2 aromatic carbocycles. The Morgan fingerprint density at radius 2 is 1.74 bits per heavy atom. The Hall–Kier alpha value is -2.09. The standard InChI is InChI=1S/C21H28N4O.HI/c1-4-8-20(26)25-19-13-11-17(12-14-19)15-23-21(22-3)24-16(2)18-9-6-5-7-10-18;/h5-7,9-14,16H,4,8,15H2,1-3H3,(H,25,26)(H2,22,23,24);1H. The number of amides is 1. The molecule has 1 amide bonds. The molecule has 0 aliphatic rings. The van der Waals surface area contributed by atoms with Crippen LogP contribution >= 0.6 is 24.0 Å². The van der Waals surface area contributed by atoms with Crippen molar-refractivity contribution in [2.45, 2.75) is 39.3 Å². The van der Waals surface area contributed by atoms with Crippen molar-refractivity contribution < 1.29 is 4.79 Å². The third-order valence-corrected chi connectivity index (χ3v) is 4.05. The Labute approximate surface area is 179 Å². The molecule has 1 unspecified atom stereocenters. The second-order valence-corrected chi connectivity index (χ2v) is 6.20. The second-order valence-electron chi connectivity index (χ2n) is 6.20. The van der Waals surface area contributed by atoms with Crippen LogP contribution in [0.5, 0.6) is 0 Å². The van der Waals surface area contributed by atoms with Gasteiger partial charge in [0.1, 0.15) is 0 Å². The first kappa shape index (κ1) is 23.0. The van der Waals surface area contributed by atoms with E-state index >= 15 is 0 Å². The van der Waals surface area contributed by atoms with E-state index in [1.165, 1.54) is 5.56 Å². The van der Waals surface area contributed by atoms with Crippen LogP contribution in [0.4, 0.5) is 5.69 Å². The Bertz CT molecular complexity index is 717. The van der Waals surface area contributed by atoms with Gasteiger partial charge in [-0.15, -0.1) is 24.0 Å². The van der Waals surface area contributed by atoms with Crippen LogP contribution in [0.25, 0.3) is 0 Å². The van der Waals surface area contributed by atoms with Gasteiger partial charge in [-0.25, -0.2) is 0 Å². The number of hydrogen-bond acceptors (Lipinski definition) is 2. The highest BCUT2D eigenvalue weighted by atomic mass is 127. The van der Waals surface area contributed by atoms with Crippen molar-refractivity contribution in [1.82, 2.24) is 10.6 Å². The fraction of sp³-hybridized carbons (Fsp3) is 0.333. The molecule has 5 nitrogen and oxygen atoms in total. The highest BCUT2D eigenvalue weighted by Gasteiger charge is 2.07. The van der Waals surface area contributed by atoms with E-state index in [0.717, 1.165) is 23.6 Å². The van der Waals surface area contributed by atoms with E-state index in [9.17, 15) is 4.79 Å². The van der Waals surface area contributed by atoms with Gasteiger partial charge >= 0.3 is 0 Å². The quantitative estimate of drug-likeness (QED) is 0.311. The van der Waals surface area contributed by atoms with E-state index < -0.39 is 0 Å². The third-order valence-electron chi connectivity index (χ3n) is 4.05. The minimum absolute atomic E-state index is 0. The van der Waals surface area contributed by atoms with Crippen molar-refractivity contribution in [3.05, 3.63) is 65.7 Å². The van der Waals surface area contributed by atoms with Gasteiger partial charge in [-0.3, -0.25) is 9.79 Å². The summed E-state index contributed by atoms with van der Waals surface area (Å²) in [5.41, 5.74) is 3.16. The first-order valence-corrected chi connectivity index (χ1v) is 9.03. The number of carbonyl (C=O) groups excluding carboxylic acids is 1. The molecular formula is C21H29IN4O. The monoisotopic (exact) mass is 480 g/mol. The van der Waals surface area contributed by atoms with Crippen molar-refractivity contribution in [1.29, 1.82) is 0 Å². The van der Waals surface area contributed by atoms with E-state index in [1.54, 1.807) is 7.05 Å². The van der Waals surface area contributed by atoms with Gasteiger partial charge in [-0.2, -0.15) is 0 Å². The molecule has 0 aliphatic heterocycles. The third kappa shape index (κ3) is 7.99. The molecule has 0 saturated carbocycles. The highest BCUT2D eigenvalue weighted by Crippen LogP contribution is 2.12. The number of rotatable bonds is 7. The lowest BCUT2D eigenvalue weighted by Gasteiger charge is -2.18. The average Bonchev–Trinajstić information content (AvgIpc) is 2.67. The van der Waals surface area contributed by atoms with E-state index in [0.29, 0.717) is 13.0 Å². The van der Waals surface area contributed by atoms with Crippen molar-refractivity contribution >= 4 is 41.5 Å². The predicted molar refractivity (Wildman–Crippen MR) is 124 cm³/mol. The van der Waals surface area contributed by atoms with Gasteiger partial charge in [-0.05, 0) is 36.6 Å². The molecule has 2 rings (SSSR count). The van der Waals surface area contributed by atoms with Crippen LogP contribution in [-0.4, -0.2) is 18.9 Å². The molecule has 0 aliphatic carbocycles. The number of guanidine groups is 1. The van der Waals surface area contributed by atoms with Gasteiger partial charge in [0, 0.05) is 25.7 Å². The van der Waals surface area contributed by atoms with Gasteiger partial charge in [-0.1, -0.05) is 49.4 Å². The lowest BCUT2D eigenvalue weighted by molar-refractivity contribution is -0.116. The van der Waals surface area contributed by atoms with E-state index in [-0.39, 0.29) is 35.9 Å². The van der Waals surface area contributed by atoms with Gasteiger partial charge in [0.2, 0.25) is 5.91 Å². The van der Waals surface area contributed by atoms with Crippen LogP contribution in [0.15, 0.2) is 59.6 Å². The molecular weight excluding hydrogens is 451 g/mol. The molecule has 0 spiro atoms. The van der Waals surface area contributed by atoms with Crippen LogP contribution in [0.2, 0.25) is 0 Å². The molecule has 2 aromatic rings. The van der Waals surface area contributed by atoms with Crippen molar-refractivity contribution in [2.75, 3.05) is 12.4 Å². The maximum Gasteiger partial charge on any atom is 0.224 e. The summed E-state index contributed by atoms with van der Waals surface area (Å²) >= 11 is 0. The number of nitrogens with zero attached hydrogens (tertiary/aromatic N) is 1. The summed E-state index contributed by atoms with van der Waals surface area (Å²) < 4.78 is 0. The molecule has 3 N–H and O–H groups in total. The number of aliphatic imine (C=N–C) groups is 1. The summed E-state index contributed by atoms with van der Waals surface area (Å²) in [6, 6.07) is 18.3. The minimum atomic E-state index is 0. The fourth-order valence-electron chi connectivity index (χ4n) is 2.57. The summed E-state index contributed by atoms with van der Waals surface area (Å²) in [6.07, 6.45) is 1.40. The summed E-state index contributed by atoms with van der Waals surface area (Å²) in [7, 11) is 1.76. The molecule has 0 fully saturated rings. The largest absolute Gasteiger partial charge is 0.352 e. The van der Waals surface area contributed by atoms with Crippen LogP contribution < -0.4 is 16.0 Å². The summed E-state index contributed by atoms with van der Waals surface area (Å²) in [6.45, 7) is 4.76. The summed E-state index contributed by atoms with van der Waals surface area (Å²) in [5.74, 6) is 0.805. The Morgan fingerprint density at radius 1 is 1.07 bits per heavy atom. The number of anilines is 1. The molecule has 0 heterocycles. The number of benzene rings is 2. The molecule has 27 heavy (non-hydrogen) atoms.